The molecular formula is C27H22ClNO7. The Morgan fingerprint density at radius 3 is 2.47 bits per heavy atom. The van der Waals surface area contributed by atoms with Crippen molar-refractivity contribution in [1.29, 1.82) is 0 Å². The molecule has 5 rings (SSSR count). The molecule has 8 nitrogen and oxygen atoms in total. The van der Waals surface area contributed by atoms with Crippen LogP contribution in [0.2, 0.25) is 5.02 Å². The van der Waals surface area contributed by atoms with Gasteiger partial charge in [-0.2, -0.15) is 0 Å². The van der Waals surface area contributed by atoms with E-state index >= 15 is 0 Å². The third-order valence-corrected chi connectivity index (χ3v) is 6.48. The lowest BCUT2D eigenvalue weighted by atomic mass is 9.94. The average Bonchev–Trinajstić information content (AvgIpc) is 3.46. The lowest BCUT2D eigenvalue weighted by molar-refractivity contribution is -0.132. The summed E-state index contributed by atoms with van der Waals surface area (Å²) in [5.74, 6) is -0.112. The molecule has 0 radical (unpaired) electrons. The van der Waals surface area contributed by atoms with Gasteiger partial charge in [0.2, 0.25) is 6.79 Å². The van der Waals surface area contributed by atoms with Gasteiger partial charge in [0, 0.05) is 16.3 Å². The standard InChI is InChI=1S/C27H22ClNO7/c1-14-4-7-17(28)12-18(14)29-24(15-5-8-19(33-2)21(10-15)34-3)23(26(31)27(29)32)25(30)16-6-9-20-22(11-16)36-13-35-20/h4-12,24,30H,13H2,1-3H3/b25-23+. The number of carbonyl (C=O) groups excluding carboxylic acids is 2. The van der Waals surface area contributed by atoms with Crippen LogP contribution in [0, 0.1) is 6.92 Å². The number of Topliss-reactive ketones (excluding diaryl/α,β-unsaturated/α-hetero) is 1. The smallest absolute Gasteiger partial charge is 0.300 e. The van der Waals surface area contributed by atoms with Gasteiger partial charge in [0.05, 0.1) is 25.8 Å². The van der Waals surface area contributed by atoms with Gasteiger partial charge in [0.1, 0.15) is 5.76 Å². The van der Waals surface area contributed by atoms with Gasteiger partial charge in [-0.1, -0.05) is 23.7 Å². The minimum absolute atomic E-state index is 0.0592. The predicted octanol–water partition coefficient (Wildman–Crippen LogP) is 5.02. The third kappa shape index (κ3) is 3.79. The topological polar surface area (TPSA) is 94.5 Å². The van der Waals surface area contributed by atoms with E-state index in [1.54, 1.807) is 54.6 Å². The van der Waals surface area contributed by atoms with Crippen LogP contribution in [0.5, 0.6) is 23.0 Å². The van der Waals surface area contributed by atoms with Crippen molar-refractivity contribution in [3.63, 3.8) is 0 Å². The number of amides is 1. The van der Waals surface area contributed by atoms with Crippen LogP contribution in [0.25, 0.3) is 5.76 Å². The van der Waals surface area contributed by atoms with E-state index in [1.807, 2.05) is 6.92 Å². The Morgan fingerprint density at radius 2 is 1.72 bits per heavy atom. The number of hydrogen-bond donors (Lipinski definition) is 1. The number of carbonyl (C=O) groups is 2. The fraction of sp³-hybridized carbons (Fsp3) is 0.185. The van der Waals surface area contributed by atoms with Crippen molar-refractivity contribution in [2.75, 3.05) is 25.9 Å². The Bertz CT molecular complexity index is 1430. The Labute approximate surface area is 212 Å². The molecule has 0 bridgehead atoms. The van der Waals surface area contributed by atoms with E-state index < -0.39 is 17.7 Å². The molecule has 1 atom stereocenters. The van der Waals surface area contributed by atoms with Crippen LogP contribution < -0.4 is 23.8 Å². The number of halogens is 1. The molecule has 1 N–H and O–H groups in total. The van der Waals surface area contributed by atoms with E-state index in [0.717, 1.165) is 5.56 Å². The minimum Gasteiger partial charge on any atom is -0.507 e. The van der Waals surface area contributed by atoms with Crippen LogP contribution >= 0.6 is 11.6 Å². The maximum Gasteiger partial charge on any atom is 0.300 e. The first-order valence-electron chi connectivity index (χ1n) is 11.0. The number of hydrogen-bond acceptors (Lipinski definition) is 7. The summed E-state index contributed by atoms with van der Waals surface area (Å²) in [5, 5.41) is 11.8. The maximum atomic E-state index is 13.5. The van der Waals surface area contributed by atoms with E-state index in [0.29, 0.717) is 44.8 Å². The van der Waals surface area contributed by atoms with Crippen molar-refractivity contribution in [3.8, 4) is 23.0 Å². The first-order valence-corrected chi connectivity index (χ1v) is 11.4. The van der Waals surface area contributed by atoms with Gasteiger partial charge in [0.15, 0.2) is 23.0 Å². The molecule has 184 valence electrons. The lowest BCUT2D eigenvalue weighted by Crippen LogP contribution is -2.30. The summed E-state index contributed by atoms with van der Waals surface area (Å²) < 4.78 is 21.6. The maximum absolute atomic E-state index is 13.5. The number of aliphatic hydroxyl groups excluding tert-OH is 1. The van der Waals surface area contributed by atoms with Crippen molar-refractivity contribution in [2.45, 2.75) is 13.0 Å². The molecule has 3 aromatic rings. The highest BCUT2D eigenvalue weighted by Crippen LogP contribution is 2.46. The second-order valence-corrected chi connectivity index (χ2v) is 8.72. The zero-order valence-corrected chi connectivity index (χ0v) is 20.5. The van der Waals surface area contributed by atoms with E-state index in [-0.39, 0.29) is 18.1 Å². The summed E-state index contributed by atoms with van der Waals surface area (Å²) in [6.07, 6.45) is 0. The van der Waals surface area contributed by atoms with Crippen LogP contribution in [0.15, 0.2) is 60.2 Å². The van der Waals surface area contributed by atoms with Crippen molar-refractivity contribution in [1.82, 2.24) is 0 Å². The molecule has 36 heavy (non-hydrogen) atoms. The highest BCUT2D eigenvalue weighted by Gasteiger charge is 2.47. The fourth-order valence-corrected chi connectivity index (χ4v) is 4.63. The Morgan fingerprint density at radius 1 is 0.972 bits per heavy atom. The van der Waals surface area contributed by atoms with Gasteiger partial charge < -0.3 is 24.1 Å². The molecule has 0 saturated carbocycles. The molecule has 2 heterocycles. The molecule has 0 aromatic heterocycles. The zero-order chi connectivity index (χ0) is 25.6. The van der Waals surface area contributed by atoms with Crippen LogP contribution in [-0.4, -0.2) is 37.8 Å². The van der Waals surface area contributed by atoms with Crippen molar-refractivity contribution >= 4 is 34.7 Å². The second-order valence-electron chi connectivity index (χ2n) is 8.28. The molecule has 1 fully saturated rings. The summed E-state index contributed by atoms with van der Waals surface area (Å²) in [5.41, 5.74) is 1.95. The van der Waals surface area contributed by atoms with Gasteiger partial charge in [-0.25, -0.2) is 0 Å². The Hall–Kier alpha value is -4.17. The molecule has 0 spiro atoms. The van der Waals surface area contributed by atoms with Crippen LogP contribution in [0.3, 0.4) is 0 Å². The summed E-state index contributed by atoms with van der Waals surface area (Å²) in [6.45, 7) is 1.87. The van der Waals surface area contributed by atoms with Crippen LogP contribution in [0.1, 0.15) is 22.7 Å². The fourth-order valence-electron chi connectivity index (χ4n) is 4.46. The van der Waals surface area contributed by atoms with Gasteiger partial charge in [-0.15, -0.1) is 0 Å². The summed E-state index contributed by atoms with van der Waals surface area (Å²) >= 11 is 6.26. The molecule has 0 aliphatic carbocycles. The van der Waals surface area contributed by atoms with Gasteiger partial charge >= 0.3 is 0 Å². The van der Waals surface area contributed by atoms with Crippen LogP contribution in [-0.2, 0) is 9.59 Å². The number of benzene rings is 3. The van der Waals surface area contributed by atoms with Crippen molar-refractivity contribution in [2.24, 2.45) is 0 Å². The number of ether oxygens (including phenoxy) is 4. The average molecular weight is 508 g/mol. The molecular weight excluding hydrogens is 486 g/mol. The number of anilines is 1. The van der Waals surface area contributed by atoms with Gasteiger partial charge in [-0.3, -0.25) is 14.5 Å². The van der Waals surface area contributed by atoms with Crippen molar-refractivity contribution in [3.05, 3.63) is 81.9 Å². The molecule has 9 heteroatoms. The normalized spacial score (nSPS) is 18.0. The minimum atomic E-state index is -0.965. The molecule has 1 amide bonds. The van der Waals surface area contributed by atoms with Crippen LogP contribution in [0.4, 0.5) is 5.69 Å². The predicted molar refractivity (Wildman–Crippen MR) is 133 cm³/mol. The monoisotopic (exact) mass is 507 g/mol. The lowest BCUT2D eigenvalue weighted by Gasteiger charge is -2.27. The highest BCUT2D eigenvalue weighted by molar-refractivity contribution is 6.52. The van der Waals surface area contributed by atoms with E-state index in [1.165, 1.54) is 19.1 Å². The van der Waals surface area contributed by atoms with E-state index in [9.17, 15) is 14.7 Å². The molecule has 3 aromatic carbocycles. The molecule has 2 aliphatic rings. The summed E-state index contributed by atoms with van der Waals surface area (Å²) in [4.78, 5) is 28.2. The number of aliphatic hydroxyl groups is 1. The number of nitrogens with zero attached hydrogens (tertiary/aromatic N) is 1. The first-order chi connectivity index (χ1) is 17.3. The SMILES string of the molecule is COc1ccc(C2/C(=C(\O)c3ccc4c(c3)OCO4)C(=O)C(=O)N2c2cc(Cl)ccc2C)cc1OC. The quantitative estimate of drug-likeness (QED) is 0.294. The Balaban J connectivity index is 1.75. The summed E-state index contributed by atoms with van der Waals surface area (Å²) in [6, 6.07) is 14.0. The van der Waals surface area contributed by atoms with E-state index in [4.69, 9.17) is 30.5 Å². The first kappa shape index (κ1) is 23.6. The van der Waals surface area contributed by atoms with Crippen molar-refractivity contribution < 1.29 is 33.6 Å². The molecule has 1 unspecified atom stereocenters. The summed E-state index contributed by atoms with van der Waals surface area (Å²) in [7, 11) is 3.00. The number of ketones is 1. The molecule has 1 saturated heterocycles. The molecule has 2 aliphatic heterocycles. The van der Waals surface area contributed by atoms with E-state index in [2.05, 4.69) is 0 Å². The largest absolute Gasteiger partial charge is 0.507 e. The number of fused-ring (bicyclic) bond motifs is 1. The number of methoxy groups -OCH3 is 2. The highest BCUT2D eigenvalue weighted by atomic mass is 35.5. The Kier molecular flexibility index (Phi) is 5.97. The third-order valence-electron chi connectivity index (χ3n) is 6.24. The van der Waals surface area contributed by atoms with Gasteiger partial charge in [-0.05, 0) is 60.5 Å². The van der Waals surface area contributed by atoms with Gasteiger partial charge in [0.25, 0.3) is 11.7 Å². The zero-order valence-electron chi connectivity index (χ0n) is 19.7. The second kappa shape index (κ2) is 9.13. The number of rotatable bonds is 5. The number of aryl methyl sites for hydroxylation is 1.